The molecule has 0 aromatic rings. The van der Waals surface area contributed by atoms with Gasteiger partial charge in [-0.15, -0.1) is 0 Å². The molecule has 1 aliphatic heterocycles. The van der Waals surface area contributed by atoms with Gasteiger partial charge in [0.2, 0.25) is 10.0 Å². The Bertz CT molecular complexity index is 380. The number of hydrogen-bond acceptors (Lipinski definition) is 4. The highest BCUT2D eigenvalue weighted by Gasteiger charge is 2.48. The monoisotopic (exact) mass is 265 g/mol. The second kappa shape index (κ2) is 5.32. The van der Waals surface area contributed by atoms with Crippen molar-refractivity contribution in [2.75, 3.05) is 19.0 Å². The molecule has 0 bridgehead atoms. The summed E-state index contributed by atoms with van der Waals surface area (Å²) in [5, 5.41) is 9.10. The lowest BCUT2D eigenvalue weighted by Gasteiger charge is -2.25. The molecule has 1 fully saturated rings. The van der Waals surface area contributed by atoms with E-state index in [1.54, 1.807) is 0 Å². The highest BCUT2D eigenvalue weighted by molar-refractivity contribution is 7.89. The molecule has 1 saturated heterocycles. The third-order valence-corrected chi connectivity index (χ3v) is 4.50. The first-order chi connectivity index (χ1) is 7.82. The van der Waals surface area contributed by atoms with E-state index in [9.17, 15) is 13.2 Å². The largest absolute Gasteiger partial charge is 0.481 e. The standard InChI is InChI=1S/C10H19NO5S/c1-3-4-5-17(14,15)11-8-6-16-7-10(8,2)9(12)13/h8,11H,3-7H2,1-2H3,(H,12,13). The number of carbonyl (C=O) groups is 1. The van der Waals surface area contributed by atoms with E-state index < -0.39 is 27.4 Å². The zero-order valence-electron chi connectivity index (χ0n) is 10.1. The zero-order chi connectivity index (χ0) is 13.1. The fourth-order valence-corrected chi connectivity index (χ4v) is 3.21. The molecule has 0 amide bonds. The molecule has 0 aromatic carbocycles. The molecule has 1 rings (SSSR count). The lowest BCUT2D eigenvalue weighted by Crippen LogP contribution is -2.50. The number of sulfonamides is 1. The van der Waals surface area contributed by atoms with Crippen LogP contribution in [-0.4, -0.2) is 44.5 Å². The van der Waals surface area contributed by atoms with Gasteiger partial charge in [0.25, 0.3) is 0 Å². The summed E-state index contributed by atoms with van der Waals surface area (Å²) in [5.41, 5.74) is -1.18. The first kappa shape index (κ1) is 14.4. The molecule has 7 heteroatoms. The van der Waals surface area contributed by atoms with E-state index in [2.05, 4.69) is 4.72 Å². The van der Waals surface area contributed by atoms with Crippen LogP contribution in [-0.2, 0) is 19.6 Å². The van der Waals surface area contributed by atoms with E-state index in [1.807, 2.05) is 6.92 Å². The average Bonchev–Trinajstić information content (AvgIpc) is 2.58. The van der Waals surface area contributed by atoms with Gasteiger partial charge in [0.1, 0.15) is 5.41 Å². The molecule has 17 heavy (non-hydrogen) atoms. The van der Waals surface area contributed by atoms with Crippen molar-refractivity contribution in [1.82, 2.24) is 4.72 Å². The Morgan fingerprint density at radius 1 is 1.59 bits per heavy atom. The number of hydrogen-bond donors (Lipinski definition) is 2. The van der Waals surface area contributed by atoms with E-state index in [4.69, 9.17) is 9.84 Å². The van der Waals surface area contributed by atoms with Gasteiger partial charge in [-0.3, -0.25) is 4.79 Å². The topological polar surface area (TPSA) is 92.7 Å². The van der Waals surface area contributed by atoms with Gasteiger partial charge >= 0.3 is 5.97 Å². The van der Waals surface area contributed by atoms with Crippen LogP contribution in [0.1, 0.15) is 26.7 Å². The number of carboxylic acids is 1. The van der Waals surface area contributed by atoms with Crippen LogP contribution in [0.2, 0.25) is 0 Å². The van der Waals surface area contributed by atoms with Gasteiger partial charge in [0.15, 0.2) is 0 Å². The number of aliphatic carboxylic acids is 1. The Morgan fingerprint density at radius 3 is 2.76 bits per heavy atom. The fourth-order valence-electron chi connectivity index (χ4n) is 1.66. The third-order valence-electron chi connectivity index (χ3n) is 3.03. The SMILES string of the molecule is CCCCS(=O)(=O)NC1COCC1(C)C(=O)O. The highest BCUT2D eigenvalue weighted by Crippen LogP contribution is 2.29. The molecule has 1 heterocycles. The van der Waals surface area contributed by atoms with Gasteiger partial charge < -0.3 is 9.84 Å². The van der Waals surface area contributed by atoms with Crippen LogP contribution in [0.3, 0.4) is 0 Å². The van der Waals surface area contributed by atoms with Gasteiger partial charge in [-0.2, -0.15) is 0 Å². The number of unbranched alkanes of at least 4 members (excludes halogenated alkanes) is 1. The number of rotatable bonds is 6. The van der Waals surface area contributed by atoms with Gasteiger partial charge in [0, 0.05) is 0 Å². The Kier molecular flexibility index (Phi) is 4.51. The van der Waals surface area contributed by atoms with Crippen molar-refractivity contribution in [1.29, 1.82) is 0 Å². The fraction of sp³-hybridized carbons (Fsp3) is 0.900. The van der Waals surface area contributed by atoms with E-state index >= 15 is 0 Å². The number of nitrogens with one attached hydrogen (secondary N) is 1. The van der Waals surface area contributed by atoms with Crippen molar-refractivity contribution in [3.63, 3.8) is 0 Å². The number of carboxylic acid groups (broad SMARTS) is 1. The maximum atomic E-state index is 11.7. The molecule has 2 atom stereocenters. The van der Waals surface area contributed by atoms with Crippen molar-refractivity contribution >= 4 is 16.0 Å². The molecule has 0 saturated carbocycles. The first-order valence-electron chi connectivity index (χ1n) is 5.63. The third kappa shape index (κ3) is 3.40. The minimum absolute atomic E-state index is 0.0235. The Hall–Kier alpha value is -0.660. The molecule has 1 aliphatic rings. The summed E-state index contributed by atoms with van der Waals surface area (Å²) in [4.78, 5) is 11.1. The van der Waals surface area contributed by atoms with Gasteiger partial charge in [-0.1, -0.05) is 13.3 Å². The molecule has 0 radical (unpaired) electrons. The van der Waals surface area contributed by atoms with Crippen molar-refractivity contribution < 1.29 is 23.1 Å². The van der Waals surface area contributed by atoms with Gasteiger partial charge in [-0.05, 0) is 13.3 Å². The maximum Gasteiger partial charge on any atom is 0.313 e. The first-order valence-corrected chi connectivity index (χ1v) is 7.28. The van der Waals surface area contributed by atoms with E-state index in [0.29, 0.717) is 6.42 Å². The summed E-state index contributed by atoms with van der Waals surface area (Å²) in [7, 11) is -3.43. The van der Waals surface area contributed by atoms with Crippen molar-refractivity contribution in [3.05, 3.63) is 0 Å². The summed E-state index contributed by atoms with van der Waals surface area (Å²) >= 11 is 0. The molecule has 2 N–H and O–H groups in total. The average molecular weight is 265 g/mol. The van der Waals surface area contributed by atoms with Gasteiger partial charge in [0.05, 0.1) is 25.0 Å². The van der Waals surface area contributed by atoms with Crippen molar-refractivity contribution in [3.8, 4) is 0 Å². The van der Waals surface area contributed by atoms with Crippen LogP contribution in [0.5, 0.6) is 0 Å². The zero-order valence-corrected chi connectivity index (χ0v) is 10.9. The van der Waals surface area contributed by atoms with Crippen LogP contribution < -0.4 is 4.72 Å². The maximum absolute atomic E-state index is 11.7. The van der Waals surface area contributed by atoms with Crippen LogP contribution in [0.4, 0.5) is 0 Å². The summed E-state index contributed by atoms with van der Waals surface area (Å²) in [6.07, 6.45) is 1.34. The second-order valence-corrected chi connectivity index (χ2v) is 6.45. The Labute approximate surface area is 101 Å². The van der Waals surface area contributed by atoms with Crippen molar-refractivity contribution in [2.45, 2.75) is 32.7 Å². The highest BCUT2D eigenvalue weighted by atomic mass is 32.2. The van der Waals surface area contributed by atoms with Gasteiger partial charge in [-0.25, -0.2) is 13.1 Å². The minimum Gasteiger partial charge on any atom is -0.481 e. The summed E-state index contributed by atoms with van der Waals surface area (Å²) in [6, 6.07) is -0.693. The smallest absolute Gasteiger partial charge is 0.313 e. The second-order valence-electron chi connectivity index (χ2n) is 4.58. The Balaban J connectivity index is 2.71. The molecule has 6 nitrogen and oxygen atoms in total. The lowest BCUT2D eigenvalue weighted by atomic mass is 9.86. The number of ether oxygens (including phenoxy) is 1. The molecule has 0 spiro atoms. The van der Waals surface area contributed by atoms with Crippen LogP contribution in [0, 0.1) is 5.41 Å². The van der Waals surface area contributed by atoms with Crippen molar-refractivity contribution in [2.24, 2.45) is 5.41 Å². The van der Waals surface area contributed by atoms with E-state index in [-0.39, 0.29) is 19.0 Å². The van der Waals surface area contributed by atoms with E-state index in [1.165, 1.54) is 6.92 Å². The molecular weight excluding hydrogens is 246 g/mol. The quantitative estimate of drug-likeness (QED) is 0.715. The molecular formula is C10H19NO5S. The predicted octanol–water partition coefficient (Wildman–Crippen LogP) is 0.196. The molecule has 100 valence electrons. The van der Waals surface area contributed by atoms with E-state index in [0.717, 1.165) is 6.42 Å². The van der Waals surface area contributed by atoms with Crippen LogP contribution in [0.15, 0.2) is 0 Å². The summed E-state index contributed by atoms with van der Waals surface area (Å²) < 4.78 is 30.9. The predicted molar refractivity (Wildman–Crippen MR) is 62.2 cm³/mol. The lowest BCUT2D eigenvalue weighted by molar-refractivity contribution is -0.148. The molecule has 2 unspecified atom stereocenters. The van der Waals surface area contributed by atoms with Crippen LogP contribution >= 0.6 is 0 Å². The minimum atomic E-state index is -3.43. The molecule has 0 aromatic heterocycles. The Morgan fingerprint density at radius 2 is 2.24 bits per heavy atom. The summed E-state index contributed by atoms with van der Waals surface area (Å²) in [5.74, 6) is -1.02. The normalized spacial score (nSPS) is 29.4. The van der Waals surface area contributed by atoms with Crippen LogP contribution in [0.25, 0.3) is 0 Å². The summed E-state index contributed by atoms with van der Waals surface area (Å²) in [6.45, 7) is 3.53. The molecule has 0 aliphatic carbocycles.